The first-order chi connectivity index (χ1) is 8.61. The maximum absolute atomic E-state index is 6.21. The Balaban J connectivity index is 2.32. The summed E-state index contributed by atoms with van der Waals surface area (Å²) < 4.78 is 10.9. The molecule has 1 heterocycles. The average Bonchev–Trinajstić information content (AvgIpc) is 2.69. The average molecular weight is 333 g/mol. The Bertz CT molecular complexity index is 539. The summed E-state index contributed by atoms with van der Waals surface area (Å²) in [5, 5.41) is 6.44. The number of alkyl halides is 1. The zero-order valence-corrected chi connectivity index (χ0v) is 12.7. The number of fused-ring (bicyclic) bond motifs is 1. The number of aryl methyl sites for hydroxylation is 1. The van der Waals surface area contributed by atoms with Gasteiger partial charge in [-0.1, -0.05) is 46.5 Å². The highest BCUT2D eigenvalue weighted by molar-refractivity contribution is 9.09. The fourth-order valence-corrected chi connectivity index (χ4v) is 2.22. The van der Waals surface area contributed by atoms with Gasteiger partial charge in [-0.25, -0.2) is 0 Å². The highest BCUT2D eigenvalue weighted by Gasteiger charge is 2.12. The summed E-state index contributed by atoms with van der Waals surface area (Å²) in [5.41, 5.74) is 1.63. The second-order valence-electron chi connectivity index (χ2n) is 4.55. The van der Waals surface area contributed by atoms with Crippen molar-refractivity contribution < 1.29 is 9.26 Å². The van der Waals surface area contributed by atoms with Crippen LogP contribution in [0.15, 0.2) is 16.7 Å². The molecule has 98 valence electrons. The minimum atomic E-state index is 0.454. The summed E-state index contributed by atoms with van der Waals surface area (Å²) in [6.45, 7) is 4.82. The molecule has 0 saturated heterocycles. The van der Waals surface area contributed by atoms with Crippen LogP contribution in [0, 0.1) is 5.92 Å². The van der Waals surface area contributed by atoms with Crippen molar-refractivity contribution in [3.05, 3.63) is 22.8 Å². The lowest BCUT2D eigenvalue weighted by Gasteiger charge is -2.09. The van der Waals surface area contributed by atoms with Crippen LogP contribution < -0.4 is 4.74 Å². The van der Waals surface area contributed by atoms with E-state index in [1.807, 2.05) is 12.1 Å². The number of halogens is 2. The molecule has 0 spiro atoms. The maximum Gasteiger partial charge on any atom is 0.170 e. The second kappa shape index (κ2) is 5.93. The summed E-state index contributed by atoms with van der Waals surface area (Å²) in [4.78, 5) is 0. The molecule has 0 aliphatic heterocycles. The molecule has 0 aliphatic carbocycles. The predicted octanol–water partition coefficient (Wildman–Crippen LogP) is 4.45. The standard InChI is InChI=1S/C13H15BrClNO2/c1-8(2)7-17-13-6-12-9(5-10(13)15)11(3-4-14)16-18-12/h5-6,8H,3-4,7H2,1-2H3. The molecule has 18 heavy (non-hydrogen) atoms. The van der Waals surface area contributed by atoms with Gasteiger partial charge >= 0.3 is 0 Å². The van der Waals surface area contributed by atoms with E-state index >= 15 is 0 Å². The first kappa shape index (κ1) is 13.7. The first-order valence-corrected chi connectivity index (χ1v) is 7.38. The van der Waals surface area contributed by atoms with E-state index < -0.39 is 0 Å². The number of ether oxygens (including phenoxy) is 1. The van der Waals surface area contributed by atoms with Crippen molar-refractivity contribution in [1.82, 2.24) is 5.16 Å². The Morgan fingerprint density at radius 2 is 2.22 bits per heavy atom. The van der Waals surface area contributed by atoms with E-state index in [1.54, 1.807) is 0 Å². The zero-order chi connectivity index (χ0) is 13.1. The fraction of sp³-hybridized carbons (Fsp3) is 0.462. The van der Waals surface area contributed by atoms with Gasteiger partial charge in [0.2, 0.25) is 0 Å². The molecule has 2 aromatic rings. The number of nitrogens with zero attached hydrogens (tertiary/aromatic N) is 1. The summed E-state index contributed by atoms with van der Waals surface area (Å²) in [6.07, 6.45) is 0.815. The predicted molar refractivity (Wildman–Crippen MR) is 76.9 cm³/mol. The van der Waals surface area contributed by atoms with Crippen LogP contribution in [-0.2, 0) is 6.42 Å². The normalized spacial score (nSPS) is 11.4. The van der Waals surface area contributed by atoms with Gasteiger partial charge in [0.15, 0.2) is 5.58 Å². The van der Waals surface area contributed by atoms with E-state index in [0.29, 0.717) is 28.9 Å². The zero-order valence-electron chi connectivity index (χ0n) is 10.4. The van der Waals surface area contributed by atoms with Crippen molar-refractivity contribution in [2.75, 3.05) is 11.9 Å². The molecule has 1 aromatic heterocycles. The minimum Gasteiger partial charge on any atom is -0.492 e. The third kappa shape index (κ3) is 2.98. The molecular weight excluding hydrogens is 318 g/mol. The van der Waals surface area contributed by atoms with Crippen LogP contribution in [0.4, 0.5) is 0 Å². The Labute approximate surface area is 120 Å². The van der Waals surface area contributed by atoms with E-state index in [2.05, 4.69) is 34.9 Å². The molecule has 0 saturated carbocycles. The van der Waals surface area contributed by atoms with Gasteiger partial charge in [-0.05, 0) is 12.0 Å². The SMILES string of the molecule is CC(C)COc1cc2onc(CCBr)c2cc1Cl. The number of benzene rings is 1. The molecule has 0 atom stereocenters. The largest absolute Gasteiger partial charge is 0.492 e. The van der Waals surface area contributed by atoms with E-state index in [9.17, 15) is 0 Å². The van der Waals surface area contributed by atoms with Crippen molar-refractivity contribution >= 4 is 38.5 Å². The van der Waals surface area contributed by atoms with Gasteiger partial charge in [0.25, 0.3) is 0 Å². The molecule has 0 amide bonds. The van der Waals surface area contributed by atoms with Crippen LogP contribution in [0.3, 0.4) is 0 Å². The van der Waals surface area contributed by atoms with Gasteiger partial charge < -0.3 is 9.26 Å². The van der Waals surface area contributed by atoms with Crippen molar-refractivity contribution in [2.24, 2.45) is 5.92 Å². The van der Waals surface area contributed by atoms with Crippen molar-refractivity contribution in [1.29, 1.82) is 0 Å². The van der Waals surface area contributed by atoms with E-state index in [0.717, 1.165) is 22.8 Å². The number of rotatable bonds is 5. The van der Waals surface area contributed by atoms with Gasteiger partial charge in [-0.15, -0.1) is 0 Å². The second-order valence-corrected chi connectivity index (χ2v) is 5.75. The quantitative estimate of drug-likeness (QED) is 0.759. The number of hydrogen-bond donors (Lipinski definition) is 0. The van der Waals surface area contributed by atoms with Crippen LogP contribution in [-0.4, -0.2) is 17.1 Å². The van der Waals surface area contributed by atoms with Gasteiger partial charge in [0.1, 0.15) is 5.75 Å². The molecule has 0 bridgehead atoms. The number of aromatic nitrogens is 1. The number of hydrogen-bond acceptors (Lipinski definition) is 3. The van der Waals surface area contributed by atoms with E-state index in [-0.39, 0.29) is 0 Å². The highest BCUT2D eigenvalue weighted by atomic mass is 79.9. The molecule has 0 fully saturated rings. The van der Waals surface area contributed by atoms with Gasteiger partial charge in [-0.2, -0.15) is 0 Å². The van der Waals surface area contributed by atoms with Crippen LogP contribution in [0.25, 0.3) is 11.0 Å². The Morgan fingerprint density at radius 1 is 1.44 bits per heavy atom. The molecule has 0 aliphatic rings. The third-order valence-electron chi connectivity index (χ3n) is 2.50. The summed E-state index contributed by atoms with van der Waals surface area (Å²) in [5.74, 6) is 1.11. The summed E-state index contributed by atoms with van der Waals surface area (Å²) >= 11 is 9.60. The van der Waals surface area contributed by atoms with Crippen molar-refractivity contribution in [2.45, 2.75) is 20.3 Å². The van der Waals surface area contributed by atoms with Crippen molar-refractivity contribution in [3.8, 4) is 5.75 Å². The highest BCUT2D eigenvalue weighted by Crippen LogP contribution is 2.32. The van der Waals surface area contributed by atoms with Crippen LogP contribution in [0.2, 0.25) is 5.02 Å². The molecule has 0 unspecified atom stereocenters. The monoisotopic (exact) mass is 331 g/mol. The van der Waals surface area contributed by atoms with Gasteiger partial charge in [-0.3, -0.25) is 0 Å². The molecule has 5 heteroatoms. The molecule has 2 rings (SSSR count). The molecule has 0 N–H and O–H groups in total. The Hall–Kier alpha value is -0.740. The lowest BCUT2D eigenvalue weighted by Crippen LogP contribution is -2.04. The van der Waals surface area contributed by atoms with Crippen LogP contribution >= 0.6 is 27.5 Å². The summed E-state index contributed by atoms with van der Waals surface area (Å²) in [7, 11) is 0. The molecule has 0 radical (unpaired) electrons. The Morgan fingerprint density at radius 3 is 2.89 bits per heavy atom. The molecule has 1 aromatic carbocycles. The van der Waals surface area contributed by atoms with Crippen LogP contribution in [0.1, 0.15) is 19.5 Å². The Kier molecular flexibility index (Phi) is 4.51. The molecular formula is C13H15BrClNO2. The lowest BCUT2D eigenvalue weighted by atomic mass is 10.2. The van der Waals surface area contributed by atoms with Crippen molar-refractivity contribution in [3.63, 3.8) is 0 Å². The van der Waals surface area contributed by atoms with Gasteiger partial charge in [0.05, 0.1) is 17.3 Å². The lowest BCUT2D eigenvalue weighted by molar-refractivity contribution is 0.271. The topological polar surface area (TPSA) is 35.3 Å². The maximum atomic E-state index is 6.21. The molecule has 3 nitrogen and oxygen atoms in total. The first-order valence-electron chi connectivity index (χ1n) is 5.88. The minimum absolute atomic E-state index is 0.454. The summed E-state index contributed by atoms with van der Waals surface area (Å²) in [6, 6.07) is 3.67. The van der Waals surface area contributed by atoms with E-state index in [1.165, 1.54) is 0 Å². The van der Waals surface area contributed by atoms with Crippen LogP contribution in [0.5, 0.6) is 5.75 Å². The van der Waals surface area contributed by atoms with E-state index in [4.69, 9.17) is 20.9 Å². The van der Waals surface area contributed by atoms with Gasteiger partial charge in [0, 0.05) is 23.2 Å². The fourth-order valence-electron chi connectivity index (χ4n) is 1.63. The third-order valence-corrected chi connectivity index (χ3v) is 3.19. The smallest absolute Gasteiger partial charge is 0.170 e.